The molecule has 0 saturated carbocycles. The lowest BCUT2D eigenvalue weighted by molar-refractivity contribution is -0.384. The molecular weight excluding hydrogens is 374 g/mol. The van der Waals surface area contributed by atoms with E-state index in [4.69, 9.17) is 4.74 Å². The lowest BCUT2D eigenvalue weighted by Crippen LogP contribution is -2.30. The molecular formula is C21H19N3O5. The van der Waals surface area contributed by atoms with Crippen molar-refractivity contribution in [2.24, 2.45) is 0 Å². The Hall–Kier alpha value is -3.94. The van der Waals surface area contributed by atoms with E-state index in [0.717, 1.165) is 16.8 Å². The number of amides is 1. The van der Waals surface area contributed by atoms with E-state index in [1.807, 2.05) is 36.4 Å². The minimum atomic E-state index is -1.11. The van der Waals surface area contributed by atoms with Crippen LogP contribution < -0.4 is 10.6 Å². The van der Waals surface area contributed by atoms with E-state index < -0.39 is 22.9 Å². The molecule has 0 aliphatic heterocycles. The first-order valence-electron chi connectivity index (χ1n) is 8.86. The normalized spacial score (nSPS) is 11.5. The molecule has 1 amide bonds. The van der Waals surface area contributed by atoms with Crippen LogP contribution in [0.2, 0.25) is 0 Å². The Bertz CT molecular complexity index is 1090. The zero-order valence-corrected chi connectivity index (χ0v) is 15.8. The topological polar surface area (TPSA) is 111 Å². The van der Waals surface area contributed by atoms with Gasteiger partial charge in [0.2, 0.25) is 0 Å². The van der Waals surface area contributed by atoms with E-state index in [1.165, 1.54) is 19.1 Å². The maximum Gasteiger partial charge on any atom is 0.341 e. The molecule has 148 valence electrons. The van der Waals surface area contributed by atoms with Crippen LogP contribution in [0.3, 0.4) is 0 Å². The highest BCUT2D eigenvalue weighted by Gasteiger charge is 2.23. The van der Waals surface area contributed by atoms with Crippen LogP contribution in [0.1, 0.15) is 17.3 Å². The zero-order chi connectivity index (χ0) is 21.0. The second-order valence-electron chi connectivity index (χ2n) is 6.30. The molecule has 0 radical (unpaired) electrons. The number of rotatable bonds is 6. The molecule has 0 spiro atoms. The third-order valence-corrected chi connectivity index (χ3v) is 4.40. The summed E-state index contributed by atoms with van der Waals surface area (Å²) >= 11 is 0. The van der Waals surface area contributed by atoms with Crippen LogP contribution in [-0.4, -0.2) is 30.0 Å². The molecule has 8 nitrogen and oxygen atoms in total. The fourth-order valence-electron chi connectivity index (χ4n) is 2.88. The molecule has 8 heteroatoms. The molecule has 0 fully saturated rings. The van der Waals surface area contributed by atoms with Gasteiger partial charge in [-0.3, -0.25) is 14.9 Å². The first-order chi connectivity index (χ1) is 13.9. The molecule has 0 aromatic heterocycles. The number of esters is 1. The fraction of sp³-hybridized carbons (Fsp3) is 0.143. The molecule has 1 atom stereocenters. The van der Waals surface area contributed by atoms with E-state index in [1.54, 1.807) is 13.1 Å². The lowest BCUT2D eigenvalue weighted by atomic mass is 10.1. The van der Waals surface area contributed by atoms with Crippen LogP contribution in [0.5, 0.6) is 0 Å². The van der Waals surface area contributed by atoms with E-state index in [0.29, 0.717) is 11.4 Å². The van der Waals surface area contributed by atoms with E-state index in [9.17, 15) is 19.7 Å². The third-order valence-electron chi connectivity index (χ3n) is 4.40. The largest absolute Gasteiger partial charge is 0.449 e. The molecule has 2 N–H and O–H groups in total. The number of hydrogen-bond acceptors (Lipinski definition) is 6. The van der Waals surface area contributed by atoms with Gasteiger partial charge in [-0.15, -0.1) is 0 Å². The second kappa shape index (κ2) is 8.39. The van der Waals surface area contributed by atoms with Crippen molar-refractivity contribution < 1.29 is 19.2 Å². The van der Waals surface area contributed by atoms with Gasteiger partial charge in [-0.05, 0) is 24.4 Å². The Morgan fingerprint density at radius 3 is 2.48 bits per heavy atom. The number of hydrogen-bond donors (Lipinski definition) is 2. The van der Waals surface area contributed by atoms with E-state index in [-0.39, 0.29) is 11.3 Å². The van der Waals surface area contributed by atoms with Crippen LogP contribution in [0.15, 0.2) is 60.7 Å². The predicted octanol–water partition coefficient (Wildman–Crippen LogP) is 3.97. The monoisotopic (exact) mass is 393 g/mol. The number of anilines is 2. The van der Waals surface area contributed by atoms with Crippen molar-refractivity contribution >= 4 is 39.7 Å². The maximum absolute atomic E-state index is 12.5. The number of nitro groups is 1. The molecule has 0 heterocycles. The Balaban J connectivity index is 1.76. The number of carbonyl (C=O) groups excluding carboxylic acids is 2. The van der Waals surface area contributed by atoms with Gasteiger partial charge in [-0.2, -0.15) is 0 Å². The number of fused-ring (bicyclic) bond motifs is 1. The molecule has 0 saturated heterocycles. The van der Waals surface area contributed by atoms with Crippen molar-refractivity contribution in [2.75, 3.05) is 17.7 Å². The van der Waals surface area contributed by atoms with Crippen LogP contribution >= 0.6 is 0 Å². The highest BCUT2D eigenvalue weighted by atomic mass is 16.6. The maximum atomic E-state index is 12.5. The van der Waals surface area contributed by atoms with Gasteiger partial charge in [-0.1, -0.05) is 36.4 Å². The zero-order valence-electron chi connectivity index (χ0n) is 15.8. The van der Waals surface area contributed by atoms with Gasteiger partial charge in [0.1, 0.15) is 0 Å². The van der Waals surface area contributed by atoms with Crippen LogP contribution in [0.4, 0.5) is 17.1 Å². The third kappa shape index (κ3) is 4.32. The standard InChI is InChI=1S/C21H19N3O5/c1-13(20(25)23-19-9-5-7-14-6-3-4-8-16(14)19)29-21(26)17-12-15(24(27)28)10-11-18(17)22-2/h3-13,22H,1-2H3,(H,23,25)/t13-/m1/s1. The van der Waals surface area contributed by atoms with Crippen LogP contribution in [0.25, 0.3) is 10.8 Å². The number of nitrogens with zero attached hydrogens (tertiary/aromatic N) is 1. The fourth-order valence-corrected chi connectivity index (χ4v) is 2.88. The average Bonchev–Trinajstić information content (AvgIpc) is 2.73. The Labute approximate surface area is 166 Å². The second-order valence-corrected chi connectivity index (χ2v) is 6.30. The predicted molar refractivity (Wildman–Crippen MR) is 110 cm³/mol. The van der Waals surface area contributed by atoms with Gasteiger partial charge in [0.15, 0.2) is 6.10 Å². The molecule has 3 aromatic rings. The molecule has 0 aliphatic carbocycles. The molecule has 0 bridgehead atoms. The van der Waals surface area contributed by atoms with Crippen molar-refractivity contribution in [2.45, 2.75) is 13.0 Å². The molecule has 0 unspecified atom stereocenters. The minimum absolute atomic E-state index is 0.0217. The summed E-state index contributed by atoms with van der Waals surface area (Å²) < 4.78 is 5.25. The molecule has 0 aliphatic rings. The Morgan fingerprint density at radius 1 is 1.03 bits per heavy atom. The van der Waals surface area contributed by atoms with Crippen molar-refractivity contribution in [1.29, 1.82) is 0 Å². The van der Waals surface area contributed by atoms with Crippen molar-refractivity contribution in [3.63, 3.8) is 0 Å². The summed E-state index contributed by atoms with van der Waals surface area (Å²) in [7, 11) is 1.58. The summed E-state index contributed by atoms with van der Waals surface area (Å²) in [5.74, 6) is -1.34. The minimum Gasteiger partial charge on any atom is -0.449 e. The Morgan fingerprint density at radius 2 is 1.76 bits per heavy atom. The average molecular weight is 393 g/mol. The molecule has 29 heavy (non-hydrogen) atoms. The highest BCUT2D eigenvalue weighted by Crippen LogP contribution is 2.25. The number of non-ortho nitro benzene ring substituents is 1. The van der Waals surface area contributed by atoms with Crippen molar-refractivity contribution in [3.8, 4) is 0 Å². The van der Waals surface area contributed by atoms with Gasteiger partial charge in [-0.25, -0.2) is 4.79 Å². The summed E-state index contributed by atoms with van der Waals surface area (Å²) in [6.45, 7) is 1.44. The number of ether oxygens (including phenoxy) is 1. The number of nitrogens with one attached hydrogen (secondary N) is 2. The quantitative estimate of drug-likeness (QED) is 0.372. The molecule has 3 rings (SSSR count). The first-order valence-corrected chi connectivity index (χ1v) is 8.86. The SMILES string of the molecule is CNc1ccc([N+](=O)[O-])cc1C(=O)O[C@H](C)C(=O)Nc1cccc2ccccc12. The molecule has 3 aromatic carbocycles. The van der Waals surface area contributed by atoms with Gasteiger partial charge < -0.3 is 15.4 Å². The van der Waals surface area contributed by atoms with Gasteiger partial charge in [0.25, 0.3) is 11.6 Å². The van der Waals surface area contributed by atoms with E-state index >= 15 is 0 Å². The van der Waals surface area contributed by atoms with Crippen LogP contribution in [-0.2, 0) is 9.53 Å². The van der Waals surface area contributed by atoms with Crippen molar-refractivity contribution in [3.05, 3.63) is 76.3 Å². The first kappa shape index (κ1) is 19.8. The summed E-state index contributed by atoms with van der Waals surface area (Å²) in [4.78, 5) is 35.4. The number of nitro benzene ring substituents is 1. The van der Waals surface area contributed by atoms with Gasteiger partial charge in [0.05, 0.1) is 10.5 Å². The van der Waals surface area contributed by atoms with E-state index in [2.05, 4.69) is 10.6 Å². The number of benzene rings is 3. The highest BCUT2D eigenvalue weighted by molar-refractivity contribution is 6.04. The lowest BCUT2D eigenvalue weighted by Gasteiger charge is -2.16. The van der Waals surface area contributed by atoms with Gasteiger partial charge in [0, 0.05) is 35.9 Å². The van der Waals surface area contributed by atoms with Crippen molar-refractivity contribution in [1.82, 2.24) is 0 Å². The Kier molecular flexibility index (Phi) is 5.73. The van der Waals surface area contributed by atoms with Gasteiger partial charge >= 0.3 is 5.97 Å². The summed E-state index contributed by atoms with van der Waals surface area (Å²) in [5, 5.41) is 18.3. The summed E-state index contributed by atoms with van der Waals surface area (Å²) in [5.41, 5.74) is 0.694. The van der Waals surface area contributed by atoms with Crippen LogP contribution in [0, 0.1) is 10.1 Å². The summed E-state index contributed by atoms with van der Waals surface area (Å²) in [6, 6.07) is 16.9. The summed E-state index contributed by atoms with van der Waals surface area (Å²) in [6.07, 6.45) is -1.11. The number of carbonyl (C=O) groups is 2. The smallest absolute Gasteiger partial charge is 0.341 e.